The lowest BCUT2D eigenvalue weighted by Crippen LogP contribution is -2.61. The molecule has 19 heteroatoms. The highest BCUT2D eigenvalue weighted by atomic mass is 79.9. The van der Waals surface area contributed by atoms with E-state index in [9.17, 15) is 19.8 Å². The smallest absolute Gasteiger partial charge is 0.267 e. The van der Waals surface area contributed by atoms with Crippen LogP contribution in [0.4, 0.5) is 0 Å². The molecule has 2 aromatic rings. The van der Waals surface area contributed by atoms with Gasteiger partial charge in [-0.3, -0.25) is 9.59 Å². The van der Waals surface area contributed by atoms with Crippen molar-refractivity contribution in [1.82, 2.24) is 30.8 Å². The molecule has 0 bridgehead atoms. The number of hydrogen-bond acceptors (Lipinski definition) is 10. The lowest BCUT2D eigenvalue weighted by Gasteiger charge is -2.39. The summed E-state index contributed by atoms with van der Waals surface area (Å²) in [6.45, 7) is 0.0527. The second-order valence-corrected chi connectivity index (χ2v) is 14.0. The molecular formula is C22H23Br4ClN10O4. The minimum absolute atomic E-state index is 0.0138. The van der Waals surface area contributed by atoms with Crippen molar-refractivity contribution in [3.05, 3.63) is 41.7 Å². The SMILES string of the molecule is NC1=N[C@H]2N3C(N)=N[C@@H](O)[C@@]34[C@H]([C@H](CNC(=O)c3cc(Br)c(Br)[nH]3)[C@@H](CNC(=O)c3cc(Br)c(Br)[nH]3)[C@@H]4Cl)[C@@]2(O)N1. The molecule has 2 fully saturated rings. The summed E-state index contributed by atoms with van der Waals surface area (Å²) in [7, 11) is 0. The first kappa shape index (κ1) is 29.3. The molecule has 6 rings (SSSR count). The first-order chi connectivity index (χ1) is 19.3. The Labute approximate surface area is 271 Å². The molecule has 3 aliphatic heterocycles. The van der Waals surface area contributed by atoms with Crippen LogP contribution in [0.1, 0.15) is 21.0 Å². The van der Waals surface area contributed by atoms with Gasteiger partial charge < -0.3 is 52.5 Å². The molecule has 5 heterocycles. The van der Waals surface area contributed by atoms with Crippen molar-refractivity contribution in [2.24, 2.45) is 39.2 Å². The number of guanidine groups is 2. The Bertz CT molecular complexity index is 1480. The van der Waals surface area contributed by atoms with Crippen LogP contribution in [-0.2, 0) is 0 Å². The maximum atomic E-state index is 13.1. The topological polar surface area (TPSA) is 222 Å². The van der Waals surface area contributed by atoms with Gasteiger partial charge in [-0.25, -0.2) is 9.98 Å². The summed E-state index contributed by atoms with van der Waals surface area (Å²) in [5, 5.41) is 31.1. The van der Waals surface area contributed by atoms with Gasteiger partial charge in [0, 0.05) is 24.9 Å². The number of rotatable bonds is 6. The molecule has 4 aliphatic rings. The van der Waals surface area contributed by atoms with Gasteiger partial charge in [-0.2, -0.15) is 0 Å². The van der Waals surface area contributed by atoms with E-state index in [4.69, 9.17) is 23.1 Å². The number of carbonyl (C=O) groups excluding carboxylic acids is 2. The van der Waals surface area contributed by atoms with Crippen molar-refractivity contribution in [3.8, 4) is 0 Å². The van der Waals surface area contributed by atoms with Crippen molar-refractivity contribution in [2.75, 3.05) is 13.1 Å². The van der Waals surface area contributed by atoms with Crippen LogP contribution >= 0.6 is 75.3 Å². The second kappa shape index (κ2) is 10.1. The Morgan fingerprint density at radius 1 is 1.00 bits per heavy atom. The Hall–Kier alpha value is -1.83. The number of amides is 2. The van der Waals surface area contributed by atoms with Gasteiger partial charge in [-0.1, -0.05) is 0 Å². The van der Waals surface area contributed by atoms with Crippen molar-refractivity contribution in [3.63, 3.8) is 0 Å². The molecule has 8 atom stereocenters. The van der Waals surface area contributed by atoms with E-state index >= 15 is 0 Å². The summed E-state index contributed by atoms with van der Waals surface area (Å²) in [5.41, 5.74) is 9.60. The summed E-state index contributed by atoms with van der Waals surface area (Å²) >= 11 is 20.6. The number of aromatic amines is 2. The van der Waals surface area contributed by atoms with Gasteiger partial charge in [-0.05, 0) is 81.8 Å². The quantitative estimate of drug-likeness (QED) is 0.188. The van der Waals surface area contributed by atoms with Crippen LogP contribution < -0.4 is 27.4 Å². The van der Waals surface area contributed by atoms with Gasteiger partial charge in [0.2, 0.25) is 0 Å². The van der Waals surface area contributed by atoms with E-state index in [1.807, 2.05) is 0 Å². The van der Waals surface area contributed by atoms with Gasteiger partial charge >= 0.3 is 0 Å². The van der Waals surface area contributed by atoms with E-state index < -0.39 is 58.6 Å². The monoisotopic (exact) mass is 842 g/mol. The summed E-state index contributed by atoms with van der Waals surface area (Å²) < 4.78 is 2.54. The number of aliphatic imine (C=N–C) groups is 2. The minimum Gasteiger partial charge on any atom is -0.370 e. The molecule has 2 aromatic heterocycles. The number of nitrogens with zero attached hydrogens (tertiary/aromatic N) is 3. The summed E-state index contributed by atoms with van der Waals surface area (Å²) in [4.78, 5) is 42.1. The van der Waals surface area contributed by atoms with Gasteiger partial charge in [0.25, 0.3) is 11.8 Å². The van der Waals surface area contributed by atoms with Crippen LogP contribution in [0.3, 0.4) is 0 Å². The highest BCUT2D eigenvalue weighted by molar-refractivity contribution is 9.13. The second-order valence-electron chi connectivity index (χ2n) is 10.3. The molecular weight excluding hydrogens is 823 g/mol. The molecule has 14 nitrogen and oxygen atoms in total. The molecule has 11 N–H and O–H groups in total. The van der Waals surface area contributed by atoms with E-state index in [2.05, 4.69) is 99.6 Å². The third kappa shape index (κ3) is 4.19. The predicted octanol–water partition coefficient (Wildman–Crippen LogP) is 0.656. The maximum absolute atomic E-state index is 13.1. The zero-order valence-corrected chi connectivity index (χ0v) is 27.7. The zero-order valence-electron chi connectivity index (χ0n) is 20.6. The van der Waals surface area contributed by atoms with Crippen LogP contribution in [0.25, 0.3) is 0 Å². The van der Waals surface area contributed by atoms with Crippen molar-refractivity contribution >= 4 is 99.1 Å². The summed E-state index contributed by atoms with van der Waals surface area (Å²) in [5.74, 6) is -2.97. The first-order valence-corrected chi connectivity index (χ1v) is 15.8. The number of nitrogens with two attached hydrogens (primary N) is 2. The average molecular weight is 847 g/mol. The minimum atomic E-state index is -1.80. The van der Waals surface area contributed by atoms with Gasteiger partial charge in [0.05, 0.1) is 23.5 Å². The maximum Gasteiger partial charge on any atom is 0.267 e. The van der Waals surface area contributed by atoms with E-state index in [1.165, 1.54) is 4.90 Å². The average Bonchev–Trinajstić information content (AvgIpc) is 3.67. The zero-order chi connectivity index (χ0) is 29.6. The van der Waals surface area contributed by atoms with Crippen LogP contribution in [0.5, 0.6) is 0 Å². The number of aliphatic hydroxyl groups is 2. The lowest BCUT2D eigenvalue weighted by atomic mass is 9.77. The molecule has 1 saturated carbocycles. The Kier molecular flexibility index (Phi) is 7.22. The third-order valence-electron chi connectivity index (χ3n) is 8.26. The number of hydrogen-bond donors (Lipinski definition) is 9. The molecule has 41 heavy (non-hydrogen) atoms. The fourth-order valence-electron chi connectivity index (χ4n) is 6.75. The van der Waals surface area contributed by atoms with Gasteiger partial charge in [0.15, 0.2) is 30.0 Å². The number of aliphatic hydroxyl groups excluding tert-OH is 1. The van der Waals surface area contributed by atoms with E-state index in [1.54, 1.807) is 12.1 Å². The largest absolute Gasteiger partial charge is 0.370 e. The normalized spacial score (nSPS) is 35.0. The summed E-state index contributed by atoms with van der Waals surface area (Å²) in [6.07, 6.45) is -2.44. The van der Waals surface area contributed by atoms with E-state index in [0.29, 0.717) is 23.8 Å². The molecule has 2 amide bonds. The standard InChI is InChI=1S/C22H23Br4ClN10O4/c23-7-1-9(32-13(7)25)15(38)30-3-5-6(4-31-16(39)10-2-8(24)14(26)33-10)12(27)21-11(5)22(41)17(34-19(28)36-22)37(21)20(29)35-18(21)40/h1-2,5-6,11-12,17-18,32-33,40-41H,3-4H2,(H2,29,35)(H,30,38)(H,31,39)(H3,28,34,36)/t5-,6-,11+,12+,17+,18+,21+,22+/m1/s1. The van der Waals surface area contributed by atoms with Crippen LogP contribution in [0, 0.1) is 17.8 Å². The molecule has 1 saturated heterocycles. The third-order valence-corrected chi connectivity index (χ3v) is 12.5. The number of alkyl halides is 1. The van der Waals surface area contributed by atoms with Crippen molar-refractivity contribution < 1.29 is 19.8 Å². The fraction of sp³-hybridized carbons (Fsp3) is 0.455. The lowest BCUT2D eigenvalue weighted by molar-refractivity contribution is -0.0560. The Morgan fingerprint density at radius 3 is 2.05 bits per heavy atom. The van der Waals surface area contributed by atoms with Crippen LogP contribution in [-0.4, -0.2) is 90.9 Å². The predicted molar refractivity (Wildman–Crippen MR) is 163 cm³/mol. The number of fused-ring (bicyclic) bond motifs is 3. The van der Waals surface area contributed by atoms with Crippen LogP contribution in [0.2, 0.25) is 0 Å². The molecule has 0 unspecified atom stereocenters. The number of aromatic nitrogens is 2. The molecule has 0 aromatic carbocycles. The van der Waals surface area contributed by atoms with Crippen molar-refractivity contribution in [1.29, 1.82) is 0 Å². The van der Waals surface area contributed by atoms with Crippen LogP contribution in [0.15, 0.2) is 40.3 Å². The Morgan fingerprint density at radius 2 is 1.54 bits per heavy atom. The van der Waals surface area contributed by atoms with Crippen molar-refractivity contribution in [2.45, 2.75) is 29.0 Å². The van der Waals surface area contributed by atoms with Gasteiger partial charge in [-0.15, -0.1) is 11.6 Å². The molecule has 0 radical (unpaired) electrons. The highest BCUT2D eigenvalue weighted by Crippen LogP contribution is 2.63. The molecule has 220 valence electrons. The first-order valence-electron chi connectivity index (χ1n) is 12.2. The van der Waals surface area contributed by atoms with E-state index in [-0.39, 0.29) is 30.7 Å². The number of H-pyrrole nitrogens is 2. The van der Waals surface area contributed by atoms with E-state index in [0.717, 1.165) is 0 Å². The molecule has 1 spiro atoms. The number of nitrogens with one attached hydrogen (secondary N) is 5. The fourth-order valence-corrected chi connectivity index (χ4v) is 8.69. The number of halogens is 5. The molecule has 1 aliphatic carbocycles. The highest BCUT2D eigenvalue weighted by Gasteiger charge is 2.82. The van der Waals surface area contributed by atoms with Gasteiger partial charge in [0.1, 0.15) is 16.9 Å². The Balaban J connectivity index is 1.35. The number of carbonyl (C=O) groups is 2. The summed E-state index contributed by atoms with van der Waals surface area (Å²) in [6, 6.07) is 3.24.